The molecular formula is C14H21BrO2. The molecule has 3 heteroatoms. The van der Waals surface area contributed by atoms with Crippen molar-refractivity contribution < 1.29 is 9.47 Å². The van der Waals surface area contributed by atoms with Gasteiger partial charge in [-0.25, -0.2) is 0 Å². The first-order chi connectivity index (χ1) is 8.02. The molecule has 0 aromatic heterocycles. The van der Waals surface area contributed by atoms with Crippen LogP contribution in [-0.2, 0) is 11.3 Å². The van der Waals surface area contributed by atoms with Gasteiger partial charge in [0.1, 0.15) is 5.75 Å². The summed E-state index contributed by atoms with van der Waals surface area (Å²) in [4.78, 5) is 0. The SMILES string of the molecule is COc1ccc(Br)c(COC(C)CC(C)C)c1. The third-order valence-corrected chi connectivity index (χ3v) is 3.35. The second-order valence-corrected chi connectivity index (χ2v) is 5.56. The number of ether oxygens (including phenoxy) is 2. The minimum Gasteiger partial charge on any atom is -0.497 e. The Balaban J connectivity index is 2.56. The molecule has 1 atom stereocenters. The Bertz CT molecular complexity index is 350. The van der Waals surface area contributed by atoms with Crippen LogP contribution in [0, 0.1) is 5.92 Å². The zero-order valence-corrected chi connectivity index (χ0v) is 12.6. The first-order valence-corrected chi connectivity index (χ1v) is 6.76. The van der Waals surface area contributed by atoms with Crippen LogP contribution in [0.3, 0.4) is 0 Å². The maximum atomic E-state index is 5.83. The highest BCUT2D eigenvalue weighted by atomic mass is 79.9. The van der Waals surface area contributed by atoms with E-state index in [2.05, 4.69) is 36.7 Å². The van der Waals surface area contributed by atoms with Gasteiger partial charge in [-0.15, -0.1) is 0 Å². The lowest BCUT2D eigenvalue weighted by atomic mass is 10.1. The number of halogens is 1. The summed E-state index contributed by atoms with van der Waals surface area (Å²) < 4.78 is 12.1. The van der Waals surface area contributed by atoms with E-state index in [1.165, 1.54) is 0 Å². The first-order valence-electron chi connectivity index (χ1n) is 5.97. The van der Waals surface area contributed by atoms with Crippen molar-refractivity contribution in [2.75, 3.05) is 7.11 Å². The lowest BCUT2D eigenvalue weighted by Crippen LogP contribution is -2.11. The minimum absolute atomic E-state index is 0.285. The van der Waals surface area contributed by atoms with Gasteiger partial charge < -0.3 is 9.47 Å². The highest BCUT2D eigenvalue weighted by Gasteiger charge is 2.08. The maximum Gasteiger partial charge on any atom is 0.119 e. The molecule has 0 amide bonds. The van der Waals surface area contributed by atoms with Gasteiger partial charge in [-0.1, -0.05) is 29.8 Å². The minimum atomic E-state index is 0.285. The molecule has 1 aromatic carbocycles. The second kappa shape index (κ2) is 7.02. The number of hydrogen-bond donors (Lipinski definition) is 0. The van der Waals surface area contributed by atoms with Crippen molar-refractivity contribution in [3.8, 4) is 5.75 Å². The summed E-state index contributed by atoms with van der Waals surface area (Å²) in [6.07, 6.45) is 1.37. The molecule has 1 unspecified atom stereocenters. The van der Waals surface area contributed by atoms with Gasteiger partial charge in [-0.2, -0.15) is 0 Å². The van der Waals surface area contributed by atoms with E-state index < -0.39 is 0 Å². The number of rotatable bonds is 6. The van der Waals surface area contributed by atoms with Gasteiger partial charge in [0.05, 0.1) is 19.8 Å². The molecule has 0 aliphatic carbocycles. The molecule has 0 saturated carbocycles. The molecule has 2 nitrogen and oxygen atoms in total. The molecule has 0 bridgehead atoms. The highest BCUT2D eigenvalue weighted by molar-refractivity contribution is 9.10. The van der Waals surface area contributed by atoms with Gasteiger partial charge in [-0.3, -0.25) is 0 Å². The fraction of sp³-hybridized carbons (Fsp3) is 0.571. The van der Waals surface area contributed by atoms with Gasteiger partial charge in [-0.05, 0) is 43.0 Å². The Hall–Kier alpha value is -0.540. The monoisotopic (exact) mass is 300 g/mol. The second-order valence-electron chi connectivity index (χ2n) is 4.71. The Morgan fingerprint density at radius 3 is 2.53 bits per heavy atom. The third kappa shape index (κ3) is 5.09. The summed E-state index contributed by atoms with van der Waals surface area (Å²) in [5.41, 5.74) is 1.12. The van der Waals surface area contributed by atoms with Crippen molar-refractivity contribution in [2.24, 2.45) is 5.92 Å². The fourth-order valence-corrected chi connectivity index (χ4v) is 2.11. The standard InChI is InChI=1S/C14H21BrO2/c1-10(2)7-11(3)17-9-12-8-13(16-4)5-6-14(12)15/h5-6,8,10-11H,7,9H2,1-4H3. The van der Waals surface area contributed by atoms with Crippen molar-refractivity contribution in [2.45, 2.75) is 39.9 Å². The lowest BCUT2D eigenvalue weighted by molar-refractivity contribution is 0.0393. The van der Waals surface area contributed by atoms with Gasteiger partial charge in [0.2, 0.25) is 0 Å². The van der Waals surface area contributed by atoms with E-state index in [9.17, 15) is 0 Å². The van der Waals surface area contributed by atoms with Crippen LogP contribution in [0.25, 0.3) is 0 Å². The molecular weight excluding hydrogens is 280 g/mol. The number of hydrogen-bond acceptors (Lipinski definition) is 2. The van der Waals surface area contributed by atoms with Crippen LogP contribution < -0.4 is 4.74 Å². The summed E-state index contributed by atoms with van der Waals surface area (Å²) in [7, 11) is 1.68. The Morgan fingerprint density at radius 2 is 1.94 bits per heavy atom. The van der Waals surface area contributed by atoms with Crippen LogP contribution in [-0.4, -0.2) is 13.2 Å². The molecule has 96 valence electrons. The molecule has 0 heterocycles. The molecule has 0 aliphatic rings. The quantitative estimate of drug-likeness (QED) is 0.775. The summed E-state index contributed by atoms with van der Waals surface area (Å²) in [5.74, 6) is 1.53. The molecule has 1 aromatic rings. The van der Waals surface area contributed by atoms with Crippen molar-refractivity contribution in [3.05, 3.63) is 28.2 Å². The molecule has 0 radical (unpaired) electrons. The highest BCUT2D eigenvalue weighted by Crippen LogP contribution is 2.24. The summed E-state index contributed by atoms with van der Waals surface area (Å²) in [5, 5.41) is 0. The van der Waals surface area contributed by atoms with Crippen molar-refractivity contribution >= 4 is 15.9 Å². The number of benzene rings is 1. The lowest BCUT2D eigenvalue weighted by Gasteiger charge is -2.16. The average Bonchev–Trinajstić information content (AvgIpc) is 2.27. The van der Waals surface area contributed by atoms with E-state index in [0.717, 1.165) is 22.2 Å². The largest absolute Gasteiger partial charge is 0.497 e. The van der Waals surface area contributed by atoms with Crippen LogP contribution in [0.1, 0.15) is 32.8 Å². The van der Waals surface area contributed by atoms with E-state index in [1.807, 2.05) is 18.2 Å². The van der Waals surface area contributed by atoms with Crippen LogP contribution in [0.2, 0.25) is 0 Å². The van der Waals surface area contributed by atoms with Gasteiger partial charge >= 0.3 is 0 Å². The molecule has 17 heavy (non-hydrogen) atoms. The summed E-state index contributed by atoms with van der Waals surface area (Å²) in [6.45, 7) is 7.16. The van der Waals surface area contributed by atoms with Gasteiger partial charge in [0, 0.05) is 4.47 Å². The van der Waals surface area contributed by atoms with Crippen molar-refractivity contribution in [1.82, 2.24) is 0 Å². The summed E-state index contributed by atoms with van der Waals surface area (Å²) >= 11 is 3.53. The molecule has 1 rings (SSSR count). The van der Waals surface area contributed by atoms with E-state index in [1.54, 1.807) is 7.11 Å². The smallest absolute Gasteiger partial charge is 0.119 e. The molecule has 0 saturated heterocycles. The van der Waals surface area contributed by atoms with Crippen molar-refractivity contribution in [1.29, 1.82) is 0 Å². The summed E-state index contributed by atoms with van der Waals surface area (Å²) in [6, 6.07) is 5.93. The molecule has 0 N–H and O–H groups in total. The molecule has 0 aliphatic heterocycles. The zero-order chi connectivity index (χ0) is 12.8. The van der Waals surface area contributed by atoms with Crippen LogP contribution >= 0.6 is 15.9 Å². The molecule has 0 spiro atoms. The number of methoxy groups -OCH3 is 1. The predicted molar refractivity (Wildman–Crippen MR) is 74.4 cm³/mol. The molecule has 0 fully saturated rings. The Kier molecular flexibility index (Phi) is 6.00. The van der Waals surface area contributed by atoms with Crippen LogP contribution in [0.5, 0.6) is 5.75 Å². The maximum absolute atomic E-state index is 5.83. The topological polar surface area (TPSA) is 18.5 Å². The van der Waals surface area contributed by atoms with Crippen molar-refractivity contribution in [3.63, 3.8) is 0 Å². The van der Waals surface area contributed by atoms with E-state index in [-0.39, 0.29) is 6.10 Å². The zero-order valence-electron chi connectivity index (χ0n) is 11.0. The van der Waals surface area contributed by atoms with Crippen LogP contribution in [0.4, 0.5) is 0 Å². The van der Waals surface area contributed by atoms with Gasteiger partial charge in [0.25, 0.3) is 0 Å². The first kappa shape index (κ1) is 14.5. The van der Waals surface area contributed by atoms with E-state index in [4.69, 9.17) is 9.47 Å². The Labute approximate surface area is 112 Å². The fourth-order valence-electron chi connectivity index (χ4n) is 1.75. The average molecular weight is 301 g/mol. The normalized spacial score (nSPS) is 12.8. The third-order valence-electron chi connectivity index (χ3n) is 2.58. The van der Waals surface area contributed by atoms with E-state index >= 15 is 0 Å². The van der Waals surface area contributed by atoms with Crippen LogP contribution in [0.15, 0.2) is 22.7 Å². The van der Waals surface area contributed by atoms with Gasteiger partial charge in [0.15, 0.2) is 0 Å². The predicted octanol–water partition coefficient (Wildman–Crippen LogP) is 4.41. The van der Waals surface area contributed by atoms with E-state index in [0.29, 0.717) is 12.5 Å². The Morgan fingerprint density at radius 1 is 1.24 bits per heavy atom.